The van der Waals surface area contributed by atoms with E-state index in [4.69, 9.17) is 4.74 Å². The van der Waals surface area contributed by atoms with Gasteiger partial charge in [0, 0.05) is 32.6 Å². The van der Waals surface area contributed by atoms with E-state index in [9.17, 15) is 9.59 Å². The summed E-state index contributed by atoms with van der Waals surface area (Å²) in [6, 6.07) is 0. The largest absolute Gasteiger partial charge is 0.445 e. The Morgan fingerprint density at radius 2 is 2.06 bits per heavy atom. The van der Waals surface area contributed by atoms with Gasteiger partial charge in [0.15, 0.2) is 5.78 Å². The predicted octanol–water partition coefficient (Wildman–Crippen LogP) is 1.93. The molecule has 2 aliphatic rings. The number of carbonyl (C=O) groups excluding carboxylic acids is 2. The van der Waals surface area contributed by atoms with Gasteiger partial charge in [-0.05, 0) is 24.8 Å². The lowest BCUT2D eigenvalue weighted by Gasteiger charge is -2.25. The van der Waals surface area contributed by atoms with Gasteiger partial charge in [-0.1, -0.05) is 0 Å². The zero-order valence-electron chi connectivity index (χ0n) is 10.6. The fourth-order valence-electron chi connectivity index (χ4n) is 2.10. The van der Waals surface area contributed by atoms with E-state index in [1.54, 1.807) is 11.1 Å². The molecular formula is C13H18N2O3. The minimum atomic E-state index is -0.258. The number of piperidine rings is 1. The summed E-state index contributed by atoms with van der Waals surface area (Å²) in [6.45, 7) is 3.30. The average Bonchev–Trinajstić information content (AvgIpc) is 2.86. The highest BCUT2D eigenvalue weighted by molar-refractivity contribution is 6.40. The third-order valence-electron chi connectivity index (χ3n) is 3.20. The van der Waals surface area contributed by atoms with Crippen LogP contribution >= 0.6 is 0 Å². The van der Waals surface area contributed by atoms with E-state index in [0.717, 1.165) is 31.5 Å². The van der Waals surface area contributed by atoms with Gasteiger partial charge in [-0.15, -0.1) is 0 Å². The van der Waals surface area contributed by atoms with E-state index >= 15 is 0 Å². The number of ether oxygens (including phenoxy) is 1. The SMILES string of the molecule is CC(=O)C1=NC=C(COC(=O)N2CCCCC2)C1. The van der Waals surface area contributed by atoms with Gasteiger partial charge in [-0.3, -0.25) is 9.79 Å². The molecule has 0 aromatic carbocycles. The Hall–Kier alpha value is -1.65. The van der Waals surface area contributed by atoms with E-state index in [2.05, 4.69) is 4.99 Å². The van der Waals surface area contributed by atoms with E-state index in [-0.39, 0.29) is 18.5 Å². The maximum absolute atomic E-state index is 11.7. The Labute approximate surface area is 107 Å². The molecule has 5 heteroatoms. The lowest BCUT2D eigenvalue weighted by Crippen LogP contribution is -2.36. The van der Waals surface area contributed by atoms with Crippen molar-refractivity contribution in [3.8, 4) is 0 Å². The van der Waals surface area contributed by atoms with Crippen molar-refractivity contribution in [3.05, 3.63) is 11.8 Å². The first-order valence-corrected chi connectivity index (χ1v) is 6.34. The number of Topliss-reactive ketones (excluding diaryl/α,β-unsaturated/α-hetero) is 1. The van der Waals surface area contributed by atoms with Crippen LogP contribution < -0.4 is 0 Å². The number of hydrogen-bond donors (Lipinski definition) is 0. The van der Waals surface area contributed by atoms with Crippen molar-refractivity contribution in [3.63, 3.8) is 0 Å². The maximum Gasteiger partial charge on any atom is 0.410 e. The fraction of sp³-hybridized carbons (Fsp3) is 0.615. The predicted molar refractivity (Wildman–Crippen MR) is 67.6 cm³/mol. The van der Waals surface area contributed by atoms with Crippen LogP contribution in [0.3, 0.4) is 0 Å². The molecule has 2 aliphatic heterocycles. The van der Waals surface area contributed by atoms with Crippen molar-refractivity contribution in [2.24, 2.45) is 4.99 Å². The molecule has 98 valence electrons. The minimum absolute atomic E-state index is 0.0244. The van der Waals surface area contributed by atoms with Crippen molar-refractivity contribution < 1.29 is 14.3 Å². The Morgan fingerprint density at radius 3 is 2.67 bits per heavy atom. The van der Waals surface area contributed by atoms with Crippen molar-refractivity contribution in [1.29, 1.82) is 0 Å². The highest BCUT2D eigenvalue weighted by Crippen LogP contribution is 2.14. The van der Waals surface area contributed by atoms with E-state index in [1.807, 2.05) is 0 Å². The zero-order valence-corrected chi connectivity index (χ0v) is 10.6. The van der Waals surface area contributed by atoms with Crippen LogP contribution in [-0.4, -0.2) is 42.2 Å². The van der Waals surface area contributed by atoms with Crippen LogP contribution in [0.15, 0.2) is 16.8 Å². The molecule has 0 atom stereocenters. The van der Waals surface area contributed by atoms with E-state index < -0.39 is 0 Å². The summed E-state index contributed by atoms with van der Waals surface area (Å²) < 4.78 is 5.23. The Kier molecular flexibility index (Phi) is 4.12. The summed E-state index contributed by atoms with van der Waals surface area (Å²) in [6.07, 6.45) is 5.16. The van der Waals surface area contributed by atoms with E-state index in [0.29, 0.717) is 12.1 Å². The molecule has 0 spiro atoms. The van der Waals surface area contributed by atoms with Crippen molar-refractivity contribution in [2.75, 3.05) is 19.7 Å². The van der Waals surface area contributed by atoms with Crippen LogP contribution in [0.1, 0.15) is 32.6 Å². The second-order valence-electron chi connectivity index (χ2n) is 4.70. The third kappa shape index (κ3) is 3.18. The van der Waals surface area contributed by atoms with Gasteiger partial charge in [-0.25, -0.2) is 4.79 Å². The standard InChI is InChI=1S/C13H18N2O3/c1-10(16)12-7-11(8-14-12)9-18-13(17)15-5-3-2-4-6-15/h8H,2-7,9H2,1H3. The molecule has 1 amide bonds. The van der Waals surface area contributed by atoms with Gasteiger partial charge in [-0.2, -0.15) is 0 Å². The van der Waals surface area contributed by atoms with Gasteiger partial charge in [0.1, 0.15) is 6.61 Å². The van der Waals surface area contributed by atoms with Crippen molar-refractivity contribution >= 4 is 17.6 Å². The summed E-state index contributed by atoms with van der Waals surface area (Å²) in [5.41, 5.74) is 1.42. The molecule has 2 rings (SSSR count). The molecule has 0 unspecified atom stereocenters. The van der Waals surface area contributed by atoms with Crippen LogP contribution in [0.2, 0.25) is 0 Å². The molecule has 0 aromatic rings. The summed E-state index contributed by atoms with van der Waals surface area (Å²) in [5, 5.41) is 0. The molecule has 0 aromatic heterocycles. The minimum Gasteiger partial charge on any atom is -0.445 e. The number of hydrogen-bond acceptors (Lipinski definition) is 4. The number of likely N-dealkylation sites (tertiary alicyclic amines) is 1. The van der Waals surface area contributed by atoms with E-state index in [1.165, 1.54) is 13.3 Å². The Bertz CT molecular complexity index is 406. The van der Waals surface area contributed by atoms with Gasteiger partial charge >= 0.3 is 6.09 Å². The number of aliphatic imine (C=N–C) groups is 1. The van der Waals surface area contributed by atoms with Crippen LogP contribution in [-0.2, 0) is 9.53 Å². The lowest BCUT2D eigenvalue weighted by atomic mass is 10.1. The Morgan fingerprint density at radius 1 is 1.33 bits per heavy atom. The zero-order chi connectivity index (χ0) is 13.0. The summed E-state index contributed by atoms with van der Waals surface area (Å²) >= 11 is 0. The monoisotopic (exact) mass is 250 g/mol. The molecule has 0 radical (unpaired) electrons. The van der Waals surface area contributed by atoms with Crippen molar-refractivity contribution in [2.45, 2.75) is 32.6 Å². The molecule has 18 heavy (non-hydrogen) atoms. The highest BCUT2D eigenvalue weighted by atomic mass is 16.6. The maximum atomic E-state index is 11.7. The second kappa shape index (κ2) is 5.80. The number of carbonyl (C=O) groups is 2. The molecule has 5 nitrogen and oxygen atoms in total. The molecule has 0 bridgehead atoms. The van der Waals surface area contributed by atoms with Gasteiger partial charge in [0.25, 0.3) is 0 Å². The lowest BCUT2D eigenvalue weighted by molar-refractivity contribution is -0.111. The van der Waals surface area contributed by atoms with Crippen LogP contribution in [0.25, 0.3) is 0 Å². The molecular weight excluding hydrogens is 232 g/mol. The molecule has 0 N–H and O–H groups in total. The molecule has 1 fully saturated rings. The normalized spacial score (nSPS) is 19.3. The summed E-state index contributed by atoms with van der Waals surface area (Å²) in [4.78, 5) is 28.6. The topological polar surface area (TPSA) is 59.0 Å². The number of ketones is 1. The van der Waals surface area contributed by atoms with Gasteiger partial charge < -0.3 is 9.64 Å². The van der Waals surface area contributed by atoms with Gasteiger partial charge in [0.05, 0.1) is 5.71 Å². The first-order valence-electron chi connectivity index (χ1n) is 6.34. The highest BCUT2D eigenvalue weighted by Gasteiger charge is 2.19. The smallest absolute Gasteiger partial charge is 0.410 e. The quantitative estimate of drug-likeness (QED) is 0.769. The molecule has 2 heterocycles. The number of amides is 1. The van der Waals surface area contributed by atoms with Crippen LogP contribution in [0, 0.1) is 0 Å². The van der Waals surface area contributed by atoms with Crippen LogP contribution in [0.4, 0.5) is 4.79 Å². The first kappa shape index (κ1) is 12.8. The molecule has 0 saturated carbocycles. The van der Waals surface area contributed by atoms with Gasteiger partial charge in [0.2, 0.25) is 0 Å². The first-order chi connectivity index (χ1) is 8.66. The molecule has 0 aliphatic carbocycles. The second-order valence-corrected chi connectivity index (χ2v) is 4.70. The summed E-state index contributed by atoms with van der Waals surface area (Å²) in [7, 11) is 0. The molecule has 1 saturated heterocycles. The van der Waals surface area contributed by atoms with Crippen molar-refractivity contribution in [1.82, 2.24) is 4.90 Å². The average molecular weight is 250 g/mol. The Balaban J connectivity index is 1.73. The third-order valence-corrected chi connectivity index (χ3v) is 3.20. The van der Waals surface area contributed by atoms with Crippen LogP contribution in [0.5, 0.6) is 0 Å². The number of nitrogens with zero attached hydrogens (tertiary/aromatic N) is 2. The summed E-state index contributed by atoms with van der Waals surface area (Å²) in [5.74, 6) is -0.0244. The number of rotatable bonds is 3. The fourth-order valence-corrected chi connectivity index (χ4v) is 2.10.